The van der Waals surface area contributed by atoms with Crippen LogP contribution >= 0.6 is 0 Å². The van der Waals surface area contributed by atoms with E-state index in [1.165, 1.54) is 38.0 Å². The summed E-state index contributed by atoms with van der Waals surface area (Å²) >= 11 is 0. The molecular weight excluding hydrogens is 480 g/mol. The summed E-state index contributed by atoms with van der Waals surface area (Å²) in [5.74, 6) is 0.937. The van der Waals surface area contributed by atoms with E-state index in [0.29, 0.717) is 17.2 Å². The molecule has 0 aliphatic heterocycles. The minimum atomic E-state index is -4.08. The molecule has 0 bridgehead atoms. The van der Waals surface area contributed by atoms with Crippen molar-refractivity contribution in [2.24, 2.45) is 0 Å². The SMILES string of the molecule is CCCc1ccc(OCCNC(=O)CN(c2ccccc2)S(=O)(=O)c2ccc(OC)c(OC)c2)cc1. The minimum absolute atomic E-state index is 0.0216. The minimum Gasteiger partial charge on any atom is -0.493 e. The molecule has 192 valence electrons. The summed E-state index contributed by atoms with van der Waals surface area (Å²) in [5.41, 5.74) is 1.61. The molecule has 8 nitrogen and oxygen atoms in total. The number of anilines is 1. The third-order valence-corrected chi connectivity index (χ3v) is 7.20. The van der Waals surface area contributed by atoms with Crippen LogP contribution < -0.4 is 23.8 Å². The van der Waals surface area contributed by atoms with Gasteiger partial charge in [0, 0.05) is 6.07 Å². The van der Waals surface area contributed by atoms with Crippen molar-refractivity contribution < 1.29 is 27.4 Å². The molecule has 0 saturated carbocycles. The molecule has 0 aliphatic carbocycles. The number of para-hydroxylation sites is 1. The Hall–Kier alpha value is -3.72. The second-order valence-corrected chi connectivity index (χ2v) is 9.82. The number of carbonyl (C=O) groups excluding carboxylic acids is 1. The van der Waals surface area contributed by atoms with Gasteiger partial charge < -0.3 is 19.5 Å². The predicted molar refractivity (Wildman–Crippen MR) is 139 cm³/mol. The Kier molecular flexibility index (Phi) is 9.58. The first-order valence-corrected chi connectivity index (χ1v) is 13.1. The van der Waals surface area contributed by atoms with Gasteiger partial charge in [0.1, 0.15) is 18.9 Å². The largest absolute Gasteiger partial charge is 0.493 e. The summed E-state index contributed by atoms with van der Waals surface area (Å²) in [6, 6.07) is 20.6. The van der Waals surface area contributed by atoms with Gasteiger partial charge in [0.15, 0.2) is 11.5 Å². The van der Waals surface area contributed by atoms with Gasteiger partial charge in [0.2, 0.25) is 5.91 Å². The number of methoxy groups -OCH3 is 2. The van der Waals surface area contributed by atoms with E-state index < -0.39 is 22.5 Å². The molecule has 0 spiro atoms. The van der Waals surface area contributed by atoms with Crippen LogP contribution in [0.2, 0.25) is 0 Å². The fourth-order valence-corrected chi connectivity index (χ4v) is 5.04. The molecule has 3 aromatic rings. The number of nitrogens with one attached hydrogen (secondary N) is 1. The van der Waals surface area contributed by atoms with Crippen LogP contribution in [0.25, 0.3) is 0 Å². The first-order chi connectivity index (χ1) is 17.4. The highest BCUT2D eigenvalue weighted by molar-refractivity contribution is 7.92. The molecule has 0 atom stereocenters. The van der Waals surface area contributed by atoms with Crippen LogP contribution in [-0.4, -0.2) is 48.2 Å². The van der Waals surface area contributed by atoms with Crippen LogP contribution in [0.5, 0.6) is 17.2 Å². The van der Waals surface area contributed by atoms with E-state index in [-0.39, 0.29) is 23.8 Å². The Labute approximate surface area is 212 Å². The van der Waals surface area contributed by atoms with Crippen LogP contribution in [0, 0.1) is 0 Å². The molecule has 0 aliphatic rings. The lowest BCUT2D eigenvalue weighted by Crippen LogP contribution is -2.41. The van der Waals surface area contributed by atoms with Crippen molar-refractivity contribution in [2.75, 3.05) is 38.2 Å². The monoisotopic (exact) mass is 512 g/mol. The highest BCUT2D eigenvalue weighted by Crippen LogP contribution is 2.32. The summed E-state index contributed by atoms with van der Waals surface area (Å²) in [5, 5.41) is 2.73. The van der Waals surface area contributed by atoms with Gasteiger partial charge in [-0.2, -0.15) is 0 Å². The first-order valence-electron chi connectivity index (χ1n) is 11.7. The lowest BCUT2D eigenvalue weighted by atomic mass is 10.1. The molecule has 0 unspecified atom stereocenters. The number of nitrogens with zero attached hydrogens (tertiary/aromatic N) is 1. The number of amides is 1. The summed E-state index contributed by atoms with van der Waals surface area (Å²) in [6.07, 6.45) is 2.09. The van der Waals surface area contributed by atoms with Crippen LogP contribution in [-0.2, 0) is 21.2 Å². The maximum Gasteiger partial charge on any atom is 0.264 e. The summed E-state index contributed by atoms with van der Waals surface area (Å²) in [7, 11) is -1.18. The molecule has 1 amide bonds. The van der Waals surface area contributed by atoms with Gasteiger partial charge in [-0.15, -0.1) is 0 Å². The molecule has 0 heterocycles. The second-order valence-electron chi connectivity index (χ2n) is 7.96. The summed E-state index contributed by atoms with van der Waals surface area (Å²) in [6.45, 7) is 2.22. The van der Waals surface area contributed by atoms with Crippen molar-refractivity contribution in [3.63, 3.8) is 0 Å². The van der Waals surface area contributed by atoms with E-state index in [0.717, 1.165) is 17.1 Å². The number of hydrogen-bond acceptors (Lipinski definition) is 6. The topological polar surface area (TPSA) is 94.2 Å². The maximum atomic E-state index is 13.5. The Morgan fingerprint density at radius 2 is 1.61 bits per heavy atom. The number of ether oxygens (including phenoxy) is 3. The Balaban J connectivity index is 1.68. The van der Waals surface area contributed by atoms with Crippen molar-refractivity contribution in [3.05, 3.63) is 78.4 Å². The molecular formula is C27H32N2O6S. The normalized spacial score (nSPS) is 11.0. The zero-order valence-corrected chi connectivity index (χ0v) is 21.6. The predicted octanol–water partition coefficient (Wildman–Crippen LogP) is 4.05. The Bertz CT molecular complexity index is 1230. The van der Waals surface area contributed by atoms with Crippen LogP contribution in [0.1, 0.15) is 18.9 Å². The number of benzene rings is 3. The summed E-state index contributed by atoms with van der Waals surface area (Å²) in [4.78, 5) is 12.7. The third-order valence-electron chi connectivity index (χ3n) is 5.43. The van der Waals surface area contributed by atoms with E-state index >= 15 is 0 Å². The number of hydrogen-bond donors (Lipinski definition) is 1. The van der Waals surface area contributed by atoms with Crippen molar-refractivity contribution in [1.82, 2.24) is 5.32 Å². The molecule has 36 heavy (non-hydrogen) atoms. The lowest BCUT2D eigenvalue weighted by Gasteiger charge is -2.24. The van der Waals surface area contributed by atoms with Gasteiger partial charge in [-0.3, -0.25) is 9.10 Å². The quantitative estimate of drug-likeness (QED) is 0.347. The van der Waals surface area contributed by atoms with Gasteiger partial charge in [-0.1, -0.05) is 43.7 Å². The Morgan fingerprint density at radius 3 is 2.25 bits per heavy atom. The fraction of sp³-hybridized carbons (Fsp3) is 0.296. The van der Waals surface area contributed by atoms with E-state index in [1.54, 1.807) is 30.3 Å². The summed E-state index contributed by atoms with van der Waals surface area (Å²) < 4.78 is 44.3. The van der Waals surface area contributed by atoms with Gasteiger partial charge in [0.05, 0.1) is 31.3 Å². The molecule has 1 N–H and O–H groups in total. The average Bonchev–Trinajstić information content (AvgIpc) is 2.90. The van der Waals surface area contributed by atoms with E-state index in [2.05, 4.69) is 12.2 Å². The van der Waals surface area contributed by atoms with Gasteiger partial charge >= 0.3 is 0 Å². The van der Waals surface area contributed by atoms with Crippen LogP contribution in [0.3, 0.4) is 0 Å². The molecule has 3 rings (SSSR count). The molecule has 9 heteroatoms. The van der Waals surface area contributed by atoms with Crippen LogP contribution in [0.15, 0.2) is 77.7 Å². The standard InChI is InChI=1S/C27H32N2O6S/c1-4-8-21-11-13-23(14-12-21)35-18-17-28-27(30)20-29(22-9-6-5-7-10-22)36(31,32)24-15-16-25(33-2)26(19-24)34-3/h5-7,9-16,19H,4,8,17-18,20H2,1-3H3,(H,28,30). The Morgan fingerprint density at radius 1 is 0.917 bits per heavy atom. The van der Waals surface area contributed by atoms with E-state index in [9.17, 15) is 13.2 Å². The van der Waals surface area contributed by atoms with Gasteiger partial charge in [0.25, 0.3) is 10.0 Å². The first kappa shape index (κ1) is 26.9. The lowest BCUT2D eigenvalue weighted by molar-refractivity contribution is -0.119. The third kappa shape index (κ3) is 6.91. The molecule has 0 radical (unpaired) electrons. The van der Waals surface area contributed by atoms with Crippen LogP contribution in [0.4, 0.5) is 5.69 Å². The highest BCUT2D eigenvalue weighted by atomic mass is 32.2. The highest BCUT2D eigenvalue weighted by Gasteiger charge is 2.28. The zero-order valence-electron chi connectivity index (χ0n) is 20.8. The zero-order chi connectivity index (χ0) is 26.0. The van der Waals surface area contributed by atoms with Crippen molar-refractivity contribution in [3.8, 4) is 17.2 Å². The maximum absolute atomic E-state index is 13.5. The van der Waals surface area contributed by atoms with E-state index in [1.807, 2.05) is 24.3 Å². The number of aryl methyl sites for hydroxylation is 1. The number of sulfonamides is 1. The second kappa shape index (κ2) is 12.8. The van der Waals surface area contributed by atoms with Crippen molar-refractivity contribution in [1.29, 1.82) is 0 Å². The molecule has 0 aromatic heterocycles. The number of rotatable bonds is 13. The molecule has 0 fully saturated rings. The van der Waals surface area contributed by atoms with Crippen molar-refractivity contribution in [2.45, 2.75) is 24.7 Å². The van der Waals surface area contributed by atoms with E-state index in [4.69, 9.17) is 14.2 Å². The molecule has 0 saturated heterocycles. The smallest absolute Gasteiger partial charge is 0.264 e. The van der Waals surface area contributed by atoms with Gasteiger partial charge in [-0.25, -0.2) is 8.42 Å². The average molecular weight is 513 g/mol. The molecule has 3 aromatic carbocycles. The van der Waals surface area contributed by atoms with Gasteiger partial charge in [-0.05, 0) is 48.4 Å². The fourth-order valence-electron chi connectivity index (χ4n) is 3.60. The van der Waals surface area contributed by atoms with Crippen molar-refractivity contribution >= 4 is 21.6 Å². The number of carbonyl (C=O) groups is 1.